The van der Waals surface area contributed by atoms with Gasteiger partial charge < -0.3 is 15.1 Å². The zero-order chi connectivity index (χ0) is 11.0. The summed E-state index contributed by atoms with van der Waals surface area (Å²) >= 11 is 0. The van der Waals surface area contributed by atoms with Gasteiger partial charge in [0.2, 0.25) is 0 Å². The van der Waals surface area contributed by atoms with Gasteiger partial charge in [0.05, 0.1) is 12.1 Å². The van der Waals surface area contributed by atoms with E-state index in [0.717, 1.165) is 5.69 Å². The predicted molar refractivity (Wildman–Crippen MR) is 59.9 cm³/mol. The van der Waals surface area contributed by atoms with Gasteiger partial charge in [-0.2, -0.15) is 0 Å². The molecule has 15 heavy (non-hydrogen) atoms. The minimum Gasteiger partial charge on any atom is -0.388 e. The molecule has 1 aromatic rings. The standard InChI is InChI=1S/C12H17NO2/c1-8-11(14)12(15)9(2)13(8)10-6-4-3-5-7-10/h3-9,11-12,14-15H,1-2H3/t8-,9-,11+,12+/m0/s1. The highest BCUT2D eigenvalue weighted by atomic mass is 16.3. The van der Waals surface area contributed by atoms with Gasteiger partial charge in [-0.15, -0.1) is 0 Å². The van der Waals surface area contributed by atoms with Crippen LogP contribution in [0.3, 0.4) is 0 Å². The fourth-order valence-corrected chi connectivity index (χ4v) is 2.34. The maximum absolute atomic E-state index is 9.78. The lowest BCUT2D eigenvalue weighted by Crippen LogP contribution is -2.35. The van der Waals surface area contributed by atoms with Gasteiger partial charge in [0.15, 0.2) is 0 Å². The van der Waals surface area contributed by atoms with E-state index >= 15 is 0 Å². The van der Waals surface area contributed by atoms with Crippen LogP contribution in [0.25, 0.3) is 0 Å². The first-order valence-corrected chi connectivity index (χ1v) is 5.32. The summed E-state index contributed by atoms with van der Waals surface area (Å²) in [6.07, 6.45) is -1.33. The number of hydrogen-bond donors (Lipinski definition) is 2. The van der Waals surface area contributed by atoms with Gasteiger partial charge in [-0.1, -0.05) is 18.2 Å². The zero-order valence-electron chi connectivity index (χ0n) is 9.04. The van der Waals surface area contributed by atoms with Crippen LogP contribution in [-0.4, -0.2) is 34.5 Å². The molecule has 82 valence electrons. The lowest BCUT2D eigenvalue weighted by molar-refractivity contribution is 0.0327. The Morgan fingerprint density at radius 1 is 0.933 bits per heavy atom. The molecule has 0 aromatic heterocycles. The minimum absolute atomic E-state index is 0.0441. The summed E-state index contributed by atoms with van der Waals surface area (Å²) < 4.78 is 0. The van der Waals surface area contributed by atoms with Gasteiger partial charge in [-0.3, -0.25) is 0 Å². The van der Waals surface area contributed by atoms with Crippen molar-refractivity contribution < 1.29 is 10.2 Å². The van der Waals surface area contributed by atoms with Crippen LogP contribution < -0.4 is 4.90 Å². The second-order valence-electron chi connectivity index (χ2n) is 4.21. The summed E-state index contributed by atoms with van der Waals surface area (Å²) in [6, 6.07) is 9.80. The van der Waals surface area contributed by atoms with Crippen molar-refractivity contribution >= 4 is 5.69 Å². The van der Waals surface area contributed by atoms with E-state index in [2.05, 4.69) is 4.90 Å². The lowest BCUT2D eigenvalue weighted by atomic mass is 10.1. The molecule has 0 amide bonds. The number of para-hydroxylation sites is 1. The van der Waals surface area contributed by atoms with E-state index in [1.807, 2.05) is 44.2 Å². The Kier molecular flexibility index (Phi) is 2.67. The summed E-state index contributed by atoms with van der Waals surface area (Å²) in [6.45, 7) is 3.87. The van der Waals surface area contributed by atoms with E-state index in [4.69, 9.17) is 0 Å². The second-order valence-corrected chi connectivity index (χ2v) is 4.21. The number of rotatable bonds is 1. The average molecular weight is 207 g/mol. The third-order valence-electron chi connectivity index (χ3n) is 3.27. The van der Waals surface area contributed by atoms with E-state index in [9.17, 15) is 10.2 Å². The van der Waals surface area contributed by atoms with Crippen molar-refractivity contribution in [1.29, 1.82) is 0 Å². The van der Waals surface area contributed by atoms with Gasteiger partial charge in [-0.25, -0.2) is 0 Å². The first-order chi connectivity index (χ1) is 7.13. The Balaban J connectivity index is 2.30. The molecule has 1 fully saturated rings. The third kappa shape index (κ3) is 1.62. The third-order valence-corrected chi connectivity index (χ3v) is 3.27. The summed E-state index contributed by atoms with van der Waals surface area (Å²) in [7, 11) is 0. The van der Waals surface area contributed by atoms with Crippen LogP contribution in [0.5, 0.6) is 0 Å². The molecule has 0 bridgehead atoms. The largest absolute Gasteiger partial charge is 0.388 e. The lowest BCUT2D eigenvalue weighted by Gasteiger charge is -2.28. The minimum atomic E-state index is -0.666. The van der Waals surface area contributed by atoms with Crippen molar-refractivity contribution in [3.63, 3.8) is 0 Å². The second kappa shape index (κ2) is 3.83. The molecule has 3 heteroatoms. The summed E-state index contributed by atoms with van der Waals surface area (Å²) in [5.74, 6) is 0. The smallest absolute Gasteiger partial charge is 0.102 e. The van der Waals surface area contributed by atoms with Crippen molar-refractivity contribution in [2.75, 3.05) is 4.90 Å². The van der Waals surface area contributed by atoms with E-state index in [1.54, 1.807) is 0 Å². The van der Waals surface area contributed by atoms with Crippen molar-refractivity contribution in [2.24, 2.45) is 0 Å². The van der Waals surface area contributed by atoms with E-state index in [0.29, 0.717) is 0 Å². The van der Waals surface area contributed by atoms with Crippen molar-refractivity contribution in [2.45, 2.75) is 38.1 Å². The molecule has 1 aliphatic rings. The van der Waals surface area contributed by atoms with E-state index in [-0.39, 0.29) is 12.1 Å². The fraction of sp³-hybridized carbons (Fsp3) is 0.500. The molecule has 0 spiro atoms. The number of benzene rings is 1. The molecular weight excluding hydrogens is 190 g/mol. The Labute approximate surface area is 90.0 Å². The first kappa shape index (κ1) is 10.5. The van der Waals surface area contributed by atoms with Crippen LogP contribution in [0.4, 0.5) is 5.69 Å². The average Bonchev–Trinajstić information content (AvgIpc) is 2.45. The van der Waals surface area contributed by atoms with Gasteiger partial charge in [0.1, 0.15) is 12.2 Å². The van der Waals surface area contributed by atoms with Crippen LogP contribution in [0, 0.1) is 0 Å². The van der Waals surface area contributed by atoms with E-state index in [1.165, 1.54) is 0 Å². The molecule has 2 N–H and O–H groups in total. The first-order valence-electron chi connectivity index (χ1n) is 5.32. The Hall–Kier alpha value is -1.06. The Morgan fingerprint density at radius 3 is 1.87 bits per heavy atom. The number of aliphatic hydroxyl groups is 2. The van der Waals surface area contributed by atoms with Crippen LogP contribution in [0.15, 0.2) is 30.3 Å². The van der Waals surface area contributed by atoms with Crippen LogP contribution in [0.1, 0.15) is 13.8 Å². The number of hydrogen-bond acceptors (Lipinski definition) is 3. The highest BCUT2D eigenvalue weighted by Crippen LogP contribution is 2.30. The number of aliphatic hydroxyl groups excluding tert-OH is 2. The highest BCUT2D eigenvalue weighted by molar-refractivity contribution is 5.50. The highest BCUT2D eigenvalue weighted by Gasteiger charge is 2.42. The summed E-state index contributed by atoms with van der Waals surface area (Å²) in [4.78, 5) is 2.06. The molecule has 1 aromatic carbocycles. The van der Waals surface area contributed by atoms with Crippen LogP contribution >= 0.6 is 0 Å². The zero-order valence-corrected chi connectivity index (χ0v) is 9.04. The Bertz CT molecular complexity index is 314. The molecule has 0 radical (unpaired) electrons. The SMILES string of the molecule is C[C@H]1[C@@H](O)[C@H](O)[C@H](C)N1c1ccccc1. The molecular formula is C12H17NO2. The normalized spacial score (nSPS) is 35.9. The predicted octanol–water partition coefficient (Wildman–Crippen LogP) is 1.01. The topological polar surface area (TPSA) is 43.7 Å². The maximum atomic E-state index is 9.78. The van der Waals surface area contributed by atoms with E-state index < -0.39 is 12.2 Å². The summed E-state index contributed by atoms with van der Waals surface area (Å²) in [5.41, 5.74) is 1.05. The van der Waals surface area contributed by atoms with Crippen molar-refractivity contribution in [3.05, 3.63) is 30.3 Å². The Morgan fingerprint density at radius 2 is 1.40 bits per heavy atom. The maximum Gasteiger partial charge on any atom is 0.102 e. The monoisotopic (exact) mass is 207 g/mol. The van der Waals surface area contributed by atoms with Crippen molar-refractivity contribution in [1.82, 2.24) is 0 Å². The summed E-state index contributed by atoms with van der Waals surface area (Å²) in [5, 5.41) is 19.6. The van der Waals surface area contributed by atoms with Crippen LogP contribution in [0.2, 0.25) is 0 Å². The molecule has 1 saturated heterocycles. The van der Waals surface area contributed by atoms with Crippen molar-refractivity contribution in [3.8, 4) is 0 Å². The molecule has 0 saturated carbocycles. The molecule has 0 unspecified atom stereocenters. The number of nitrogens with zero attached hydrogens (tertiary/aromatic N) is 1. The molecule has 2 rings (SSSR count). The molecule has 1 heterocycles. The van der Waals surface area contributed by atoms with Crippen LogP contribution in [-0.2, 0) is 0 Å². The van der Waals surface area contributed by atoms with Gasteiger partial charge in [0, 0.05) is 5.69 Å². The molecule has 3 nitrogen and oxygen atoms in total. The quantitative estimate of drug-likeness (QED) is 0.722. The molecule has 0 aliphatic carbocycles. The van der Waals surface area contributed by atoms with Gasteiger partial charge >= 0.3 is 0 Å². The van der Waals surface area contributed by atoms with Gasteiger partial charge in [-0.05, 0) is 26.0 Å². The molecule has 1 aliphatic heterocycles. The molecule has 4 atom stereocenters. The fourth-order valence-electron chi connectivity index (χ4n) is 2.34. The van der Waals surface area contributed by atoms with Gasteiger partial charge in [0.25, 0.3) is 0 Å². The number of anilines is 1.